The number of nitrogens with two attached hydrogens (primary N) is 2. The highest BCUT2D eigenvalue weighted by atomic mass is 35.5. The van der Waals surface area contributed by atoms with Crippen LogP contribution in [0.25, 0.3) is 0 Å². The van der Waals surface area contributed by atoms with Gasteiger partial charge in [-0.05, 0) is 55.6 Å². The molecular weight excluding hydrogens is 224 g/mol. The highest BCUT2D eigenvalue weighted by Crippen LogP contribution is 2.24. The summed E-state index contributed by atoms with van der Waals surface area (Å²) in [6.45, 7) is 1.25. The van der Waals surface area contributed by atoms with Crippen LogP contribution >= 0.6 is 11.6 Å². The number of rotatable bonds is 6. The minimum atomic E-state index is 0.365. The van der Waals surface area contributed by atoms with E-state index in [0.29, 0.717) is 19.0 Å². The second-order valence-corrected chi connectivity index (χ2v) is 4.27. The molecule has 0 spiro atoms. The lowest BCUT2D eigenvalue weighted by Gasteiger charge is -2.13. The quantitative estimate of drug-likeness (QED) is 0.800. The molecule has 0 saturated carbocycles. The Balaban J connectivity index is 2.68. The maximum atomic E-state index is 5.95. The van der Waals surface area contributed by atoms with Crippen molar-refractivity contribution in [3.8, 4) is 5.75 Å². The van der Waals surface area contributed by atoms with Gasteiger partial charge in [0.15, 0.2) is 0 Å². The van der Waals surface area contributed by atoms with Crippen LogP contribution < -0.4 is 16.2 Å². The number of aryl methyl sites for hydroxylation is 1. The zero-order chi connectivity index (χ0) is 12.0. The summed E-state index contributed by atoms with van der Waals surface area (Å²) in [6.07, 6.45) is 1.85. The van der Waals surface area contributed by atoms with Crippen molar-refractivity contribution in [2.75, 3.05) is 20.2 Å². The standard InChI is InChI=1S/C12H19ClN2O/c1-16-12-5-4-11(13)6-10(12)3-2-9(7-14)8-15/h4-6,9H,2-3,7-8,14-15H2,1H3. The number of hydrogen-bond donors (Lipinski definition) is 2. The molecule has 0 aliphatic carbocycles. The van der Waals surface area contributed by atoms with Gasteiger partial charge in [-0.1, -0.05) is 11.6 Å². The zero-order valence-corrected chi connectivity index (χ0v) is 10.3. The maximum Gasteiger partial charge on any atom is 0.122 e. The van der Waals surface area contributed by atoms with E-state index in [-0.39, 0.29) is 0 Å². The first-order valence-electron chi connectivity index (χ1n) is 5.43. The van der Waals surface area contributed by atoms with Crippen LogP contribution in [0.3, 0.4) is 0 Å². The van der Waals surface area contributed by atoms with Gasteiger partial charge in [-0.15, -0.1) is 0 Å². The minimum Gasteiger partial charge on any atom is -0.496 e. The lowest BCUT2D eigenvalue weighted by atomic mass is 9.99. The Labute approximate surface area is 102 Å². The molecular formula is C12H19ClN2O. The summed E-state index contributed by atoms with van der Waals surface area (Å²) in [4.78, 5) is 0. The molecule has 16 heavy (non-hydrogen) atoms. The Kier molecular flexibility index (Phi) is 5.60. The van der Waals surface area contributed by atoms with Crippen LogP contribution in [-0.4, -0.2) is 20.2 Å². The molecule has 4 N–H and O–H groups in total. The number of ether oxygens (including phenoxy) is 1. The molecule has 1 aromatic rings. The van der Waals surface area contributed by atoms with Crippen LogP contribution in [0.2, 0.25) is 5.02 Å². The molecule has 0 bridgehead atoms. The molecule has 3 nitrogen and oxygen atoms in total. The number of hydrogen-bond acceptors (Lipinski definition) is 3. The third-order valence-corrected chi connectivity index (χ3v) is 2.97. The SMILES string of the molecule is COc1ccc(Cl)cc1CCC(CN)CN. The first-order chi connectivity index (χ1) is 7.71. The largest absolute Gasteiger partial charge is 0.496 e. The Hall–Kier alpha value is -0.770. The monoisotopic (exact) mass is 242 g/mol. The van der Waals surface area contributed by atoms with Gasteiger partial charge in [-0.2, -0.15) is 0 Å². The second-order valence-electron chi connectivity index (χ2n) is 3.83. The molecule has 1 rings (SSSR count). The molecule has 0 atom stereocenters. The van der Waals surface area contributed by atoms with Crippen molar-refractivity contribution in [1.82, 2.24) is 0 Å². The van der Waals surface area contributed by atoms with Crippen LogP contribution in [-0.2, 0) is 6.42 Å². The van der Waals surface area contributed by atoms with Crippen molar-refractivity contribution in [2.45, 2.75) is 12.8 Å². The summed E-state index contributed by atoms with van der Waals surface area (Å²) in [5, 5.41) is 0.729. The van der Waals surface area contributed by atoms with Gasteiger partial charge in [0.1, 0.15) is 5.75 Å². The van der Waals surface area contributed by atoms with Gasteiger partial charge < -0.3 is 16.2 Å². The average molecular weight is 243 g/mol. The summed E-state index contributed by atoms with van der Waals surface area (Å²) in [5.74, 6) is 1.24. The number of halogens is 1. The third-order valence-electron chi connectivity index (χ3n) is 2.73. The average Bonchev–Trinajstić information content (AvgIpc) is 2.30. The summed E-state index contributed by atoms with van der Waals surface area (Å²) >= 11 is 5.95. The normalized spacial score (nSPS) is 10.8. The van der Waals surface area contributed by atoms with Crippen molar-refractivity contribution >= 4 is 11.6 Å². The van der Waals surface area contributed by atoms with Crippen molar-refractivity contribution in [3.05, 3.63) is 28.8 Å². The Bertz CT molecular complexity index is 327. The summed E-state index contributed by atoms with van der Waals surface area (Å²) in [5.41, 5.74) is 12.3. The molecule has 90 valence electrons. The summed E-state index contributed by atoms with van der Waals surface area (Å²) in [6, 6.07) is 5.65. The molecule has 0 saturated heterocycles. The van der Waals surface area contributed by atoms with Crippen molar-refractivity contribution in [3.63, 3.8) is 0 Å². The molecule has 0 aliphatic rings. The van der Waals surface area contributed by atoms with Gasteiger partial charge in [0.2, 0.25) is 0 Å². The van der Waals surface area contributed by atoms with Gasteiger partial charge in [-0.3, -0.25) is 0 Å². The van der Waals surface area contributed by atoms with E-state index in [0.717, 1.165) is 29.2 Å². The van der Waals surface area contributed by atoms with E-state index in [1.165, 1.54) is 0 Å². The molecule has 0 aromatic heterocycles. The molecule has 4 heteroatoms. The fourth-order valence-electron chi connectivity index (χ4n) is 1.63. The van der Waals surface area contributed by atoms with Crippen molar-refractivity contribution < 1.29 is 4.74 Å². The topological polar surface area (TPSA) is 61.3 Å². The first-order valence-corrected chi connectivity index (χ1v) is 5.81. The fraction of sp³-hybridized carbons (Fsp3) is 0.500. The smallest absolute Gasteiger partial charge is 0.122 e. The lowest BCUT2D eigenvalue weighted by molar-refractivity contribution is 0.406. The fourth-order valence-corrected chi connectivity index (χ4v) is 1.83. The molecule has 0 fully saturated rings. The second kappa shape index (κ2) is 6.74. The van der Waals surface area contributed by atoms with Crippen molar-refractivity contribution in [2.24, 2.45) is 17.4 Å². The predicted molar refractivity (Wildman–Crippen MR) is 67.9 cm³/mol. The van der Waals surface area contributed by atoms with Crippen LogP contribution in [0.4, 0.5) is 0 Å². The van der Waals surface area contributed by atoms with Crippen molar-refractivity contribution in [1.29, 1.82) is 0 Å². The predicted octanol–water partition coefficient (Wildman–Crippen LogP) is 1.81. The Morgan fingerprint density at radius 3 is 2.56 bits per heavy atom. The van der Waals surface area contributed by atoms with E-state index in [2.05, 4.69) is 0 Å². The number of benzene rings is 1. The van der Waals surface area contributed by atoms with Crippen LogP contribution in [0.5, 0.6) is 5.75 Å². The highest BCUT2D eigenvalue weighted by Gasteiger charge is 2.08. The van der Waals surface area contributed by atoms with Gasteiger partial charge in [0.05, 0.1) is 7.11 Å². The number of methoxy groups -OCH3 is 1. The van der Waals surface area contributed by atoms with Gasteiger partial charge >= 0.3 is 0 Å². The molecule has 0 unspecified atom stereocenters. The van der Waals surface area contributed by atoms with E-state index in [1.807, 2.05) is 18.2 Å². The Morgan fingerprint density at radius 1 is 1.31 bits per heavy atom. The molecule has 0 radical (unpaired) electrons. The van der Waals surface area contributed by atoms with Gasteiger partial charge in [0, 0.05) is 5.02 Å². The molecule has 0 aliphatic heterocycles. The minimum absolute atomic E-state index is 0.365. The third kappa shape index (κ3) is 3.67. The van der Waals surface area contributed by atoms with E-state index in [9.17, 15) is 0 Å². The summed E-state index contributed by atoms with van der Waals surface area (Å²) in [7, 11) is 1.66. The van der Waals surface area contributed by atoms with E-state index in [4.69, 9.17) is 27.8 Å². The highest BCUT2D eigenvalue weighted by molar-refractivity contribution is 6.30. The van der Waals surface area contributed by atoms with E-state index >= 15 is 0 Å². The van der Waals surface area contributed by atoms with Crippen LogP contribution in [0.1, 0.15) is 12.0 Å². The zero-order valence-electron chi connectivity index (χ0n) is 9.58. The van der Waals surface area contributed by atoms with Gasteiger partial charge in [0.25, 0.3) is 0 Å². The molecule has 0 heterocycles. The molecule has 0 amide bonds. The maximum absolute atomic E-state index is 5.95. The van der Waals surface area contributed by atoms with Crippen LogP contribution in [0.15, 0.2) is 18.2 Å². The lowest BCUT2D eigenvalue weighted by Crippen LogP contribution is -2.23. The van der Waals surface area contributed by atoms with Gasteiger partial charge in [-0.25, -0.2) is 0 Å². The summed E-state index contributed by atoms with van der Waals surface area (Å²) < 4.78 is 5.28. The Morgan fingerprint density at radius 2 is 2.00 bits per heavy atom. The first kappa shape index (κ1) is 13.3. The van der Waals surface area contributed by atoms with Crippen LogP contribution in [0, 0.1) is 5.92 Å². The van der Waals surface area contributed by atoms with E-state index < -0.39 is 0 Å². The molecule has 1 aromatic carbocycles. The van der Waals surface area contributed by atoms with E-state index in [1.54, 1.807) is 7.11 Å².